The molecule has 146 valence electrons. The highest BCUT2D eigenvalue weighted by atomic mass is 16.5. The lowest BCUT2D eigenvalue weighted by molar-refractivity contribution is 0.0740. The largest absolute Gasteiger partial charge is 0.477 e. The Bertz CT molecular complexity index is 929. The molecule has 4 heterocycles. The summed E-state index contributed by atoms with van der Waals surface area (Å²) < 4.78 is 7.42. The Balaban J connectivity index is 1.39. The molecule has 0 spiro atoms. The van der Waals surface area contributed by atoms with Gasteiger partial charge in [0.15, 0.2) is 5.69 Å². The SMILES string of the molecule is CC(C)COc1cc(N2CCN(C(=O)c3cc4ccccn4n3)CC2)ncn1. The van der Waals surface area contributed by atoms with Gasteiger partial charge in [0.05, 0.1) is 12.1 Å². The second kappa shape index (κ2) is 7.84. The molecule has 0 aliphatic carbocycles. The number of rotatable bonds is 5. The van der Waals surface area contributed by atoms with Crippen molar-refractivity contribution in [3.63, 3.8) is 0 Å². The maximum atomic E-state index is 12.8. The number of pyridine rings is 1. The Morgan fingerprint density at radius 3 is 2.71 bits per heavy atom. The molecule has 8 nitrogen and oxygen atoms in total. The Hall–Kier alpha value is -3.16. The second-order valence-corrected chi connectivity index (χ2v) is 7.30. The van der Waals surface area contributed by atoms with Crippen LogP contribution < -0.4 is 9.64 Å². The summed E-state index contributed by atoms with van der Waals surface area (Å²) in [6.07, 6.45) is 3.37. The molecule has 0 unspecified atom stereocenters. The molecule has 8 heteroatoms. The molecule has 0 radical (unpaired) electrons. The Morgan fingerprint density at radius 1 is 1.14 bits per heavy atom. The van der Waals surface area contributed by atoms with Crippen molar-refractivity contribution >= 4 is 17.2 Å². The van der Waals surface area contributed by atoms with Gasteiger partial charge in [0, 0.05) is 38.4 Å². The Morgan fingerprint density at radius 2 is 1.96 bits per heavy atom. The smallest absolute Gasteiger partial charge is 0.274 e. The van der Waals surface area contributed by atoms with Gasteiger partial charge in [-0.3, -0.25) is 4.79 Å². The molecule has 0 atom stereocenters. The van der Waals surface area contributed by atoms with Gasteiger partial charge >= 0.3 is 0 Å². The molecule has 0 N–H and O–H groups in total. The van der Waals surface area contributed by atoms with E-state index in [9.17, 15) is 4.79 Å². The van der Waals surface area contributed by atoms with Gasteiger partial charge in [-0.1, -0.05) is 19.9 Å². The van der Waals surface area contributed by atoms with Crippen LogP contribution in [0.15, 0.2) is 42.9 Å². The molecule has 1 amide bonds. The summed E-state index contributed by atoms with van der Waals surface area (Å²) >= 11 is 0. The highest BCUT2D eigenvalue weighted by Gasteiger charge is 2.25. The zero-order valence-electron chi connectivity index (χ0n) is 16.2. The lowest BCUT2D eigenvalue weighted by Crippen LogP contribution is -2.49. The van der Waals surface area contributed by atoms with Crippen LogP contribution >= 0.6 is 0 Å². The number of anilines is 1. The third-order valence-corrected chi connectivity index (χ3v) is 4.67. The number of carbonyl (C=O) groups is 1. The summed E-state index contributed by atoms with van der Waals surface area (Å²) in [5, 5.41) is 4.39. The van der Waals surface area contributed by atoms with E-state index in [1.54, 1.807) is 4.52 Å². The summed E-state index contributed by atoms with van der Waals surface area (Å²) in [6, 6.07) is 9.47. The monoisotopic (exact) mass is 380 g/mol. The number of hydrogen-bond donors (Lipinski definition) is 0. The molecule has 0 bridgehead atoms. The maximum Gasteiger partial charge on any atom is 0.274 e. The molecule has 1 aliphatic heterocycles. The van der Waals surface area contributed by atoms with Gasteiger partial charge in [-0.05, 0) is 24.1 Å². The van der Waals surface area contributed by atoms with Crippen LogP contribution in [0.1, 0.15) is 24.3 Å². The number of aromatic nitrogens is 4. The highest BCUT2D eigenvalue weighted by molar-refractivity contribution is 5.93. The Kier molecular flexibility index (Phi) is 5.10. The topological polar surface area (TPSA) is 75.9 Å². The number of carbonyl (C=O) groups excluding carboxylic acids is 1. The number of ether oxygens (including phenoxy) is 1. The van der Waals surface area contributed by atoms with Crippen molar-refractivity contribution in [1.82, 2.24) is 24.5 Å². The molecule has 28 heavy (non-hydrogen) atoms. The average molecular weight is 380 g/mol. The first-order valence-corrected chi connectivity index (χ1v) is 9.53. The van der Waals surface area contributed by atoms with Crippen molar-refractivity contribution in [1.29, 1.82) is 0 Å². The first-order chi connectivity index (χ1) is 13.6. The van der Waals surface area contributed by atoms with Crippen LogP contribution in [-0.2, 0) is 0 Å². The van der Waals surface area contributed by atoms with Crippen molar-refractivity contribution < 1.29 is 9.53 Å². The van der Waals surface area contributed by atoms with Gasteiger partial charge in [0.25, 0.3) is 5.91 Å². The first-order valence-electron chi connectivity index (χ1n) is 9.53. The van der Waals surface area contributed by atoms with E-state index in [2.05, 4.69) is 33.8 Å². The average Bonchev–Trinajstić information content (AvgIpc) is 3.16. The van der Waals surface area contributed by atoms with E-state index in [1.165, 1.54) is 6.33 Å². The van der Waals surface area contributed by atoms with Gasteiger partial charge < -0.3 is 14.5 Å². The predicted molar refractivity (Wildman–Crippen MR) is 106 cm³/mol. The van der Waals surface area contributed by atoms with E-state index in [0.29, 0.717) is 50.3 Å². The molecular formula is C20H24N6O2. The fourth-order valence-corrected chi connectivity index (χ4v) is 3.18. The van der Waals surface area contributed by atoms with Crippen molar-refractivity contribution in [2.24, 2.45) is 5.92 Å². The van der Waals surface area contributed by atoms with Gasteiger partial charge in [-0.2, -0.15) is 5.10 Å². The van der Waals surface area contributed by atoms with Crippen LogP contribution in [0.3, 0.4) is 0 Å². The second-order valence-electron chi connectivity index (χ2n) is 7.30. The first kappa shape index (κ1) is 18.2. The fraction of sp³-hybridized carbons (Fsp3) is 0.400. The molecule has 3 aromatic rings. The summed E-state index contributed by atoms with van der Waals surface area (Å²) in [5.74, 6) is 1.81. The van der Waals surface area contributed by atoms with Gasteiger partial charge in [-0.25, -0.2) is 14.5 Å². The minimum atomic E-state index is -0.0352. The molecule has 4 rings (SSSR count). The van der Waals surface area contributed by atoms with E-state index in [1.807, 2.05) is 41.4 Å². The number of hydrogen-bond acceptors (Lipinski definition) is 6. The van der Waals surface area contributed by atoms with Crippen LogP contribution in [0.4, 0.5) is 5.82 Å². The standard InChI is InChI=1S/C20H24N6O2/c1-15(2)13-28-19-12-18(21-14-22-19)24-7-9-25(10-8-24)20(27)17-11-16-5-3-4-6-26(16)23-17/h3-6,11-12,14-15H,7-10,13H2,1-2H3. The van der Waals surface area contributed by atoms with Crippen LogP contribution in [0.5, 0.6) is 5.88 Å². The van der Waals surface area contributed by atoms with Crippen LogP contribution in [0.2, 0.25) is 0 Å². The quantitative estimate of drug-likeness (QED) is 0.675. The minimum Gasteiger partial charge on any atom is -0.477 e. The molecule has 1 fully saturated rings. The van der Waals surface area contributed by atoms with Crippen molar-refractivity contribution in [2.75, 3.05) is 37.7 Å². The van der Waals surface area contributed by atoms with Crippen molar-refractivity contribution in [3.05, 3.63) is 48.5 Å². The van der Waals surface area contributed by atoms with Crippen molar-refractivity contribution in [2.45, 2.75) is 13.8 Å². The lowest BCUT2D eigenvalue weighted by atomic mass is 10.2. The number of fused-ring (bicyclic) bond motifs is 1. The van der Waals surface area contributed by atoms with E-state index in [0.717, 1.165) is 11.3 Å². The highest BCUT2D eigenvalue weighted by Crippen LogP contribution is 2.19. The molecule has 1 aliphatic rings. The maximum absolute atomic E-state index is 12.8. The van der Waals surface area contributed by atoms with E-state index in [4.69, 9.17) is 4.74 Å². The molecule has 0 aromatic carbocycles. The Labute approximate surface area is 163 Å². The van der Waals surface area contributed by atoms with E-state index < -0.39 is 0 Å². The molecular weight excluding hydrogens is 356 g/mol. The van der Waals surface area contributed by atoms with Gasteiger partial charge in [0.1, 0.15) is 12.1 Å². The third kappa shape index (κ3) is 3.90. The fourth-order valence-electron chi connectivity index (χ4n) is 3.18. The predicted octanol–water partition coefficient (Wildman–Crippen LogP) is 2.12. The number of nitrogens with zero attached hydrogens (tertiary/aromatic N) is 6. The van der Waals surface area contributed by atoms with Crippen molar-refractivity contribution in [3.8, 4) is 5.88 Å². The van der Waals surface area contributed by atoms with E-state index >= 15 is 0 Å². The number of amides is 1. The third-order valence-electron chi connectivity index (χ3n) is 4.67. The molecule has 0 saturated carbocycles. The van der Waals surface area contributed by atoms with Crippen LogP contribution in [-0.4, -0.2) is 63.2 Å². The zero-order chi connectivity index (χ0) is 19.5. The van der Waals surface area contributed by atoms with Crippen LogP contribution in [0.25, 0.3) is 5.52 Å². The van der Waals surface area contributed by atoms with E-state index in [-0.39, 0.29) is 5.91 Å². The summed E-state index contributed by atoms with van der Waals surface area (Å²) in [4.78, 5) is 25.3. The summed E-state index contributed by atoms with van der Waals surface area (Å²) in [6.45, 7) is 7.48. The number of piperazine rings is 1. The summed E-state index contributed by atoms with van der Waals surface area (Å²) in [7, 11) is 0. The zero-order valence-corrected chi connectivity index (χ0v) is 16.2. The van der Waals surface area contributed by atoms with Crippen LogP contribution in [0, 0.1) is 5.92 Å². The summed E-state index contributed by atoms with van der Waals surface area (Å²) in [5.41, 5.74) is 1.39. The van der Waals surface area contributed by atoms with Gasteiger partial charge in [0.2, 0.25) is 5.88 Å². The van der Waals surface area contributed by atoms with Gasteiger partial charge in [-0.15, -0.1) is 0 Å². The molecule has 3 aromatic heterocycles. The lowest BCUT2D eigenvalue weighted by Gasteiger charge is -2.35. The molecule has 1 saturated heterocycles. The normalized spacial score (nSPS) is 14.7. The minimum absolute atomic E-state index is 0.0352.